The van der Waals surface area contributed by atoms with Crippen LogP contribution < -0.4 is 14.8 Å². The van der Waals surface area contributed by atoms with Crippen LogP contribution >= 0.6 is 0 Å². The maximum Gasteiger partial charge on any atom is 0.122 e. The summed E-state index contributed by atoms with van der Waals surface area (Å²) in [7, 11) is 3.39. The highest BCUT2D eigenvalue weighted by molar-refractivity contribution is 5.38. The molecule has 0 heterocycles. The van der Waals surface area contributed by atoms with E-state index < -0.39 is 0 Å². The highest BCUT2D eigenvalue weighted by atomic mass is 16.5. The van der Waals surface area contributed by atoms with Crippen molar-refractivity contribution in [3.05, 3.63) is 23.8 Å². The van der Waals surface area contributed by atoms with Crippen molar-refractivity contribution >= 4 is 0 Å². The van der Waals surface area contributed by atoms with E-state index in [4.69, 9.17) is 9.47 Å². The van der Waals surface area contributed by atoms with Gasteiger partial charge in [0.05, 0.1) is 14.2 Å². The Morgan fingerprint density at radius 2 is 1.79 bits per heavy atom. The van der Waals surface area contributed by atoms with Crippen LogP contribution in [0.15, 0.2) is 18.2 Å². The lowest BCUT2D eigenvalue weighted by molar-refractivity contribution is 0.349. The molecule has 0 saturated heterocycles. The van der Waals surface area contributed by atoms with Crippen molar-refractivity contribution in [1.29, 1.82) is 0 Å². The average molecular weight is 261 g/mol. The highest BCUT2D eigenvalue weighted by Crippen LogP contribution is 2.44. The third-order valence-corrected chi connectivity index (χ3v) is 4.72. The fourth-order valence-corrected chi connectivity index (χ4v) is 3.71. The lowest BCUT2D eigenvalue weighted by atomic mass is 9.95. The van der Waals surface area contributed by atoms with Crippen molar-refractivity contribution < 1.29 is 9.47 Å². The number of hydrogen-bond donors (Lipinski definition) is 1. The first-order valence-electron chi connectivity index (χ1n) is 7.24. The van der Waals surface area contributed by atoms with Crippen LogP contribution in [0.1, 0.15) is 31.2 Å². The molecule has 2 aliphatic carbocycles. The Hall–Kier alpha value is -1.22. The van der Waals surface area contributed by atoms with E-state index in [1.54, 1.807) is 14.2 Å². The quantitative estimate of drug-likeness (QED) is 0.884. The van der Waals surface area contributed by atoms with Crippen molar-refractivity contribution in [2.75, 3.05) is 14.2 Å². The minimum absolute atomic E-state index is 0.718. The molecular formula is C16H23NO2. The van der Waals surface area contributed by atoms with Crippen molar-refractivity contribution in [3.63, 3.8) is 0 Å². The van der Waals surface area contributed by atoms with E-state index in [0.29, 0.717) is 0 Å². The molecule has 0 aliphatic heterocycles. The lowest BCUT2D eigenvalue weighted by Crippen LogP contribution is -2.33. The largest absolute Gasteiger partial charge is 0.497 e. The lowest BCUT2D eigenvalue weighted by Gasteiger charge is -2.23. The van der Waals surface area contributed by atoms with Gasteiger partial charge in [0.25, 0.3) is 0 Å². The van der Waals surface area contributed by atoms with E-state index >= 15 is 0 Å². The maximum atomic E-state index is 5.31. The Kier molecular flexibility index (Phi) is 3.65. The number of rotatable bonds is 5. The van der Waals surface area contributed by atoms with E-state index in [2.05, 4.69) is 17.4 Å². The third-order valence-electron chi connectivity index (χ3n) is 4.72. The summed E-state index contributed by atoms with van der Waals surface area (Å²) in [5.41, 5.74) is 1.24. The molecule has 3 nitrogen and oxygen atoms in total. The summed E-state index contributed by atoms with van der Waals surface area (Å²) < 4.78 is 10.6. The Morgan fingerprint density at radius 1 is 1.05 bits per heavy atom. The number of fused-ring (bicyclic) bond motifs is 2. The van der Waals surface area contributed by atoms with Crippen LogP contribution in [0.2, 0.25) is 0 Å². The molecule has 2 saturated carbocycles. The molecule has 2 bridgehead atoms. The molecule has 1 aromatic carbocycles. The molecule has 2 fully saturated rings. The van der Waals surface area contributed by atoms with Gasteiger partial charge in [-0.2, -0.15) is 0 Å². The van der Waals surface area contributed by atoms with Gasteiger partial charge in [0, 0.05) is 18.7 Å². The number of benzene rings is 1. The van der Waals surface area contributed by atoms with Crippen LogP contribution in [0.4, 0.5) is 0 Å². The number of methoxy groups -OCH3 is 2. The molecule has 1 N–H and O–H groups in total. The van der Waals surface area contributed by atoms with Crippen LogP contribution in [0.25, 0.3) is 0 Å². The summed E-state index contributed by atoms with van der Waals surface area (Å²) in [6.07, 6.45) is 5.68. The zero-order valence-corrected chi connectivity index (χ0v) is 11.8. The first-order chi connectivity index (χ1) is 9.28. The van der Waals surface area contributed by atoms with Crippen LogP contribution in [-0.2, 0) is 6.54 Å². The van der Waals surface area contributed by atoms with Crippen molar-refractivity contribution in [2.45, 2.75) is 38.3 Å². The van der Waals surface area contributed by atoms with Crippen molar-refractivity contribution in [3.8, 4) is 11.5 Å². The topological polar surface area (TPSA) is 30.5 Å². The molecule has 1 aromatic rings. The Morgan fingerprint density at radius 3 is 2.32 bits per heavy atom. The molecule has 0 spiro atoms. The van der Waals surface area contributed by atoms with Gasteiger partial charge in [-0.3, -0.25) is 0 Å². The summed E-state index contributed by atoms with van der Waals surface area (Å²) >= 11 is 0. The summed E-state index contributed by atoms with van der Waals surface area (Å²) in [5, 5.41) is 3.72. The van der Waals surface area contributed by atoms with E-state index in [-0.39, 0.29) is 0 Å². The summed E-state index contributed by atoms with van der Waals surface area (Å²) in [4.78, 5) is 0. The van der Waals surface area contributed by atoms with Crippen LogP contribution in [0, 0.1) is 11.8 Å². The van der Waals surface area contributed by atoms with Crippen molar-refractivity contribution in [2.24, 2.45) is 11.8 Å². The molecule has 3 heteroatoms. The monoisotopic (exact) mass is 261 g/mol. The zero-order valence-electron chi connectivity index (χ0n) is 11.8. The van der Waals surface area contributed by atoms with Gasteiger partial charge in [0.15, 0.2) is 0 Å². The Labute approximate surface area is 115 Å². The zero-order chi connectivity index (χ0) is 13.2. The Balaban J connectivity index is 1.63. The smallest absolute Gasteiger partial charge is 0.122 e. The van der Waals surface area contributed by atoms with Crippen LogP contribution in [-0.4, -0.2) is 20.3 Å². The van der Waals surface area contributed by atoms with Gasteiger partial charge in [0.1, 0.15) is 11.5 Å². The second-order valence-corrected chi connectivity index (χ2v) is 5.88. The molecular weight excluding hydrogens is 238 g/mol. The van der Waals surface area contributed by atoms with Gasteiger partial charge in [-0.25, -0.2) is 0 Å². The molecule has 0 amide bonds. The summed E-state index contributed by atoms with van der Waals surface area (Å²) in [6, 6.07) is 6.81. The fourth-order valence-electron chi connectivity index (χ4n) is 3.71. The SMILES string of the molecule is COc1cc(CN[C@@H]2C[C@H]3CC[C@H]2C3)cc(OC)c1. The highest BCUT2D eigenvalue weighted by Gasteiger charge is 2.38. The minimum Gasteiger partial charge on any atom is -0.497 e. The second-order valence-electron chi connectivity index (χ2n) is 5.88. The van der Waals surface area contributed by atoms with Gasteiger partial charge >= 0.3 is 0 Å². The normalized spacial score (nSPS) is 28.6. The average Bonchev–Trinajstić information content (AvgIpc) is 3.07. The molecule has 19 heavy (non-hydrogen) atoms. The minimum atomic E-state index is 0.718. The number of nitrogens with one attached hydrogen (secondary N) is 1. The van der Waals surface area contributed by atoms with Crippen molar-refractivity contribution in [1.82, 2.24) is 5.32 Å². The van der Waals surface area contributed by atoms with Gasteiger partial charge in [-0.05, 0) is 48.8 Å². The molecule has 3 rings (SSSR count). The van der Waals surface area contributed by atoms with Gasteiger partial charge in [-0.15, -0.1) is 0 Å². The van der Waals surface area contributed by atoms with Gasteiger partial charge < -0.3 is 14.8 Å². The Bertz CT molecular complexity index is 424. The second kappa shape index (κ2) is 5.41. The maximum absolute atomic E-state index is 5.31. The number of hydrogen-bond acceptors (Lipinski definition) is 3. The standard InChI is InChI=1S/C16H23NO2/c1-18-14-6-12(7-15(9-14)19-2)10-17-16-8-11-3-4-13(16)5-11/h6-7,9,11,13,16-17H,3-5,8,10H2,1-2H3/t11-,13-,16+/m0/s1. The first kappa shape index (κ1) is 12.8. The van der Waals surface area contributed by atoms with Gasteiger partial charge in [-0.1, -0.05) is 6.42 Å². The number of ether oxygens (including phenoxy) is 2. The van der Waals surface area contributed by atoms with E-state index in [9.17, 15) is 0 Å². The summed E-state index contributed by atoms with van der Waals surface area (Å²) in [5.74, 6) is 3.63. The van der Waals surface area contributed by atoms with E-state index in [1.165, 1.54) is 31.2 Å². The predicted molar refractivity (Wildman–Crippen MR) is 75.6 cm³/mol. The first-order valence-corrected chi connectivity index (χ1v) is 7.24. The van der Waals surface area contributed by atoms with Crippen LogP contribution in [0.3, 0.4) is 0 Å². The predicted octanol–water partition coefficient (Wildman–Crippen LogP) is 2.98. The van der Waals surface area contributed by atoms with Gasteiger partial charge in [0.2, 0.25) is 0 Å². The molecule has 104 valence electrons. The third kappa shape index (κ3) is 2.71. The molecule has 0 radical (unpaired) electrons. The molecule has 3 atom stereocenters. The van der Waals surface area contributed by atoms with E-state index in [0.717, 1.165) is 35.9 Å². The molecule has 0 unspecified atom stereocenters. The van der Waals surface area contributed by atoms with Crippen LogP contribution in [0.5, 0.6) is 11.5 Å². The molecule has 2 aliphatic rings. The molecule has 0 aromatic heterocycles. The summed E-state index contributed by atoms with van der Waals surface area (Å²) in [6.45, 7) is 0.904. The van der Waals surface area contributed by atoms with E-state index in [1.807, 2.05) is 6.07 Å². The fraction of sp³-hybridized carbons (Fsp3) is 0.625.